The van der Waals surface area contributed by atoms with E-state index in [-0.39, 0.29) is 11.9 Å². The lowest BCUT2D eigenvalue weighted by Crippen LogP contribution is -2.41. The van der Waals surface area contributed by atoms with E-state index in [0.717, 1.165) is 42.7 Å². The molecule has 1 unspecified atom stereocenters. The lowest BCUT2D eigenvalue weighted by molar-refractivity contribution is -0.132. The van der Waals surface area contributed by atoms with E-state index in [1.165, 1.54) is 5.56 Å². The van der Waals surface area contributed by atoms with Crippen molar-refractivity contribution in [3.8, 4) is 0 Å². The van der Waals surface area contributed by atoms with Gasteiger partial charge in [0.2, 0.25) is 5.91 Å². The second kappa shape index (κ2) is 7.49. The number of nitrogens with two attached hydrogens (primary N) is 1. The van der Waals surface area contributed by atoms with Crippen molar-refractivity contribution >= 4 is 17.3 Å². The maximum absolute atomic E-state index is 12.4. The molecule has 1 saturated heterocycles. The number of anilines is 2. The highest BCUT2D eigenvalue weighted by Crippen LogP contribution is 2.22. The van der Waals surface area contributed by atoms with Gasteiger partial charge in [-0.15, -0.1) is 0 Å². The minimum atomic E-state index is -0.347. The summed E-state index contributed by atoms with van der Waals surface area (Å²) in [6.07, 6.45) is 2.85. The Morgan fingerprint density at radius 2 is 2.00 bits per heavy atom. The van der Waals surface area contributed by atoms with Crippen LogP contribution in [0.5, 0.6) is 0 Å². The Bertz CT molecular complexity index is 714. The van der Waals surface area contributed by atoms with E-state index in [0.29, 0.717) is 6.54 Å². The Labute approximate surface area is 143 Å². The summed E-state index contributed by atoms with van der Waals surface area (Å²) in [6, 6.07) is 16.1. The third kappa shape index (κ3) is 3.95. The van der Waals surface area contributed by atoms with Crippen LogP contribution in [0.4, 0.5) is 11.4 Å². The van der Waals surface area contributed by atoms with Crippen LogP contribution in [0.3, 0.4) is 0 Å². The summed E-state index contributed by atoms with van der Waals surface area (Å²) in [6.45, 7) is 3.50. The number of para-hydroxylation sites is 1. The average molecular weight is 323 g/mol. The monoisotopic (exact) mass is 323 g/mol. The predicted octanol–water partition coefficient (Wildman–Crippen LogP) is 3.58. The van der Waals surface area contributed by atoms with Gasteiger partial charge in [0.25, 0.3) is 0 Å². The molecule has 1 fully saturated rings. The van der Waals surface area contributed by atoms with Crippen LogP contribution in [0.2, 0.25) is 0 Å². The zero-order valence-corrected chi connectivity index (χ0v) is 14.2. The molecule has 1 amide bonds. The second-order valence-corrected chi connectivity index (χ2v) is 6.50. The van der Waals surface area contributed by atoms with E-state index in [1.54, 1.807) is 0 Å². The molecule has 1 aliphatic heterocycles. The van der Waals surface area contributed by atoms with E-state index in [2.05, 4.69) is 36.5 Å². The third-order valence-corrected chi connectivity index (χ3v) is 4.55. The number of hydrogen-bond donors (Lipinski definition) is 2. The topological polar surface area (TPSA) is 58.4 Å². The Morgan fingerprint density at radius 1 is 1.17 bits per heavy atom. The van der Waals surface area contributed by atoms with Crippen molar-refractivity contribution in [2.75, 3.05) is 11.9 Å². The van der Waals surface area contributed by atoms with Crippen molar-refractivity contribution in [3.05, 3.63) is 59.7 Å². The van der Waals surface area contributed by atoms with E-state index in [1.807, 2.05) is 29.2 Å². The van der Waals surface area contributed by atoms with E-state index < -0.39 is 0 Å². The third-order valence-electron chi connectivity index (χ3n) is 4.55. The van der Waals surface area contributed by atoms with Crippen LogP contribution in [0, 0.1) is 6.92 Å². The molecule has 3 N–H and O–H groups in total. The van der Waals surface area contributed by atoms with Crippen LogP contribution in [0.15, 0.2) is 48.5 Å². The number of amides is 1. The number of nitrogens with zero attached hydrogens (tertiary/aromatic N) is 1. The van der Waals surface area contributed by atoms with Crippen LogP contribution < -0.4 is 11.1 Å². The van der Waals surface area contributed by atoms with Gasteiger partial charge in [0.15, 0.2) is 0 Å². The number of aryl methyl sites for hydroxylation is 1. The zero-order chi connectivity index (χ0) is 16.9. The summed E-state index contributed by atoms with van der Waals surface area (Å²) in [5.74, 6) is 0.0739. The molecule has 1 aliphatic rings. The fraction of sp³-hybridized carbons (Fsp3) is 0.350. The van der Waals surface area contributed by atoms with Crippen LogP contribution in [0.1, 0.15) is 30.4 Å². The van der Waals surface area contributed by atoms with Gasteiger partial charge in [-0.1, -0.05) is 30.3 Å². The summed E-state index contributed by atoms with van der Waals surface area (Å²) in [5.41, 5.74) is 10.4. The maximum atomic E-state index is 12.4. The number of hydrogen-bond acceptors (Lipinski definition) is 3. The van der Waals surface area contributed by atoms with Gasteiger partial charge in [0, 0.05) is 24.5 Å². The maximum Gasteiger partial charge on any atom is 0.239 e. The number of carbonyl (C=O) groups excluding carboxylic acids is 1. The molecular formula is C20H25N3O. The lowest BCUT2D eigenvalue weighted by Gasteiger charge is -2.23. The minimum Gasteiger partial charge on any atom is -0.355 e. The normalized spacial score (nSPS) is 18.3. The van der Waals surface area contributed by atoms with Crippen molar-refractivity contribution < 1.29 is 4.79 Å². The number of nitrogens with one attached hydrogen (secondary N) is 1. The molecular weight excluding hydrogens is 298 g/mol. The standard InChI is InChI=1S/C20H25N3O/c1-15-7-2-3-11-19(15)22-17-9-6-8-16(13-17)14-23-12-5-4-10-18(21)20(23)24/h2-3,6-9,11,13,18,22H,4-5,10,12,14,21H2,1H3. The number of benzene rings is 2. The first-order valence-electron chi connectivity index (χ1n) is 8.59. The molecule has 0 aliphatic carbocycles. The van der Waals surface area contributed by atoms with Gasteiger partial charge in [-0.2, -0.15) is 0 Å². The molecule has 3 rings (SSSR count). The molecule has 0 aromatic heterocycles. The van der Waals surface area contributed by atoms with Crippen molar-refractivity contribution in [2.45, 2.75) is 38.8 Å². The summed E-state index contributed by atoms with van der Waals surface area (Å²) < 4.78 is 0. The van der Waals surface area contributed by atoms with E-state index >= 15 is 0 Å². The van der Waals surface area contributed by atoms with Gasteiger partial charge < -0.3 is 16.0 Å². The molecule has 0 spiro atoms. The van der Waals surface area contributed by atoms with Gasteiger partial charge in [0.1, 0.15) is 0 Å². The smallest absolute Gasteiger partial charge is 0.239 e. The highest BCUT2D eigenvalue weighted by atomic mass is 16.2. The van der Waals surface area contributed by atoms with E-state index in [4.69, 9.17) is 5.73 Å². The highest BCUT2D eigenvalue weighted by molar-refractivity contribution is 5.81. The predicted molar refractivity (Wildman–Crippen MR) is 98.1 cm³/mol. The number of carbonyl (C=O) groups is 1. The summed E-state index contributed by atoms with van der Waals surface area (Å²) in [7, 11) is 0. The SMILES string of the molecule is Cc1ccccc1Nc1cccc(CN2CCCCC(N)C2=O)c1. The second-order valence-electron chi connectivity index (χ2n) is 6.50. The highest BCUT2D eigenvalue weighted by Gasteiger charge is 2.23. The van der Waals surface area contributed by atoms with Gasteiger partial charge >= 0.3 is 0 Å². The molecule has 1 heterocycles. The lowest BCUT2D eigenvalue weighted by atomic mass is 10.1. The van der Waals surface area contributed by atoms with Crippen LogP contribution >= 0.6 is 0 Å². The first kappa shape index (κ1) is 16.5. The summed E-state index contributed by atoms with van der Waals surface area (Å²) >= 11 is 0. The minimum absolute atomic E-state index is 0.0739. The Hall–Kier alpha value is -2.33. The molecule has 2 aromatic carbocycles. The van der Waals surface area contributed by atoms with Gasteiger partial charge in [-0.05, 0) is 55.5 Å². The Kier molecular flexibility index (Phi) is 5.16. The molecule has 2 aromatic rings. The molecule has 0 saturated carbocycles. The van der Waals surface area contributed by atoms with Crippen LogP contribution in [0.25, 0.3) is 0 Å². The van der Waals surface area contributed by atoms with Crippen molar-refractivity contribution in [1.82, 2.24) is 4.90 Å². The quantitative estimate of drug-likeness (QED) is 0.904. The van der Waals surface area contributed by atoms with Crippen LogP contribution in [-0.4, -0.2) is 23.4 Å². The Morgan fingerprint density at radius 3 is 2.83 bits per heavy atom. The van der Waals surface area contributed by atoms with Gasteiger partial charge in [-0.25, -0.2) is 0 Å². The molecule has 4 nitrogen and oxygen atoms in total. The zero-order valence-electron chi connectivity index (χ0n) is 14.2. The van der Waals surface area contributed by atoms with Gasteiger partial charge in [-0.3, -0.25) is 4.79 Å². The molecule has 1 atom stereocenters. The molecule has 24 heavy (non-hydrogen) atoms. The first-order valence-corrected chi connectivity index (χ1v) is 8.59. The molecule has 126 valence electrons. The molecule has 0 radical (unpaired) electrons. The molecule has 0 bridgehead atoms. The summed E-state index contributed by atoms with van der Waals surface area (Å²) in [4.78, 5) is 14.2. The van der Waals surface area contributed by atoms with Crippen molar-refractivity contribution in [3.63, 3.8) is 0 Å². The van der Waals surface area contributed by atoms with E-state index in [9.17, 15) is 4.79 Å². The van der Waals surface area contributed by atoms with Crippen molar-refractivity contribution in [2.24, 2.45) is 5.73 Å². The fourth-order valence-corrected chi connectivity index (χ4v) is 3.13. The number of rotatable bonds is 4. The fourth-order valence-electron chi connectivity index (χ4n) is 3.13. The van der Waals surface area contributed by atoms with Crippen molar-refractivity contribution in [1.29, 1.82) is 0 Å². The summed E-state index contributed by atoms with van der Waals surface area (Å²) in [5, 5.41) is 3.45. The first-order chi connectivity index (χ1) is 11.6. The van der Waals surface area contributed by atoms with Gasteiger partial charge in [0.05, 0.1) is 6.04 Å². The largest absolute Gasteiger partial charge is 0.355 e. The average Bonchev–Trinajstić information content (AvgIpc) is 2.73. The number of likely N-dealkylation sites (tertiary alicyclic amines) is 1. The Balaban J connectivity index is 1.73. The molecule has 4 heteroatoms. The van der Waals surface area contributed by atoms with Crippen LogP contribution in [-0.2, 0) is 11.3 Å².